The molecule has 0 saturated carbocycles. The SMILES string of the molecule is CCCCOc1ccc(-c2cc(C(=O)Nc3ccccc3Cl)no2)cc1. The zero-order chi connectivity index (χ0) is 18.4. The Hall–Kier alpha value is -2.79. The number of carbonyl (C=O) groups excluding carboxylic acids is 1. The van der Waals surface area contributed by atoms with Crippen molar-refractivity contribution in [2.75, 3.05) is 11.9 Å². The molecule has 0 saturated heterocycles. The van der Waals surface area contributed by atoms with Gasteiger partial charge in [0.2, 0.25) is 0 Å². The second kappa shape index (κ2) is 8.54. The number of hydrogen-bond donors (Lipinski definition) is 1. The molecule has 2 aromatic carbocycles. The van der Waals surface area contributed by atoms with Gasteiger partial charge in [-0.15, -0.1) is 0 Å². The predicted molar refractivity (Wildman–Crippen MR) is 102 cm³/mol. The third kappa shape index (κ3) is 4.43. The number of carbonyl (C=O) groups is 1. The molecular weight excluding hydrogens is 352 g/mol. The van der Waals surface area contributed by atoms with E-state index in [1.165, 1.54) is 0 Å². The lowest BCUT2D eigenvalue weighted by molar-refractivity contribution is 0.101. The lowest BCUT2D eigenvalue weighted by Gasteiger charge is -2.05. The molecule has 0 fully saturated rings. The van der Waals surface area contributed by atoms with E-state index in [9.17, 15) is 4.79 Å². The average molecular weight is 371 g/mol. The van der Waals surface area contributed by atoms with E-state index in [1.54, 1.807) is 30.3 Å². The topological polar surface area (TPSA) is 64.4 Å². The number of unbranched alkanes of at least 4 members (excludes halogenated alkanes) is 1. The normalized spacial score (nSPS) is 10.5. The molecule has 0 atom stereocenters. The largest absolute Gasteiger partial charge is 0.494 e. The molecule has 5 nitrogen and oxygen atoms in total. The summed E-state index contributed by atoms with van der Waals surface area (Å²) in [5, 5.41) is 7.02. The minimum atomic E-state index is -0.382. The van der Waals surface area contributed by atoms with Crippen LogP contribution in [0.25, 0.3) is 11.3 Å². The Morgan fingerprint density at radius 2 is 1.96 bits per heavy atom. The molecule has 0 aliphatic heterocycles. The number of rotatable bonds is 7. The van der Waals surface area contributed by atoms with Crippen molar-refractivity contribution in [3.8, 4) is 17.1 Å². The van der Waals surface area contributed by atoms with Gasteiger partial charge < -0.3 is 14.6 Å². The molecule has 6 heteroatoms. The first-order valence-electron chi connectivity index (χ1n) is 8.43. The number of ether oxygens (including phenoxy) is 1. The van der Waals surface area contributed by atoms with E-state index >= 15 is 0 Å². The summed E-state index contributed by atoms with van der Waals surface area (Å²) in [5.41, 5.74) is 1.53. The Morgan fingerprint density at radius 3 is 2.69 bits per heavy atom. The van der Waals surface area contributed by atoms with Crippen molar-refractivity contribution >= 4 is 23.2 Å². The van der Waals surface area contributed by atoms with Crippen LogP contribution >= 0.6 is 11.6 Å². The van der Waals surface area contributed by atoms with Crippen molar-refractivity contribution in [3.05, 3.63) is 65.3 Å². The molecule has 0 radical (unpaired) electrons. The Morgan fingerprint density at radius 1 is 1.19 bits per heavy atom. The molecule has 1 N–H and O–H groups in total. The fourth-order valence-corrected chi connectivity index (χ4v) is 2.50. The number of amides is 1. The predicted octanol–water partition coefficient (Wildman–Crippen LogP) is 5.43. The number of aromatic nitrogens is 1. The first-order chi connectivity index (χ1) is 12.7. The maximum absolute atomic E-state index is 12.3. The monoisotopic (exact) mass is 370 g/mol. The van der Waals surface area contributed by atoms with Crippen LogP contribution in [0.4, 0.5) is 5.69 Å². The number of halogens is 1. The molecule has 1 heterocycles. The lowest BCUT2D eigenvalue weighted by Crippen LogP contribution is -2.12. The number of nitrogens with zero attached hydrogens (tertiary/aromatic N) is 1. The van der Waals surface area contributed by atoms with Gasteiger partial charge in [-0.2, -0.15) is 0 Å². The first-order valence-corrected chi connectivity index (χ1v) is 8.81. The molecule has 134 valence electrons. The van der Waals surface area contributed by atoms with Crippen LogP contribution in [0.1, 0.15) is 30.3 Å². The van der Waals surface area contributed by atoms with Gasteiger partial charge in [-0.25, -0.2) is 0 Å². The zero-order valence-electron chi connectivity index (χ0n) is 14.4. The molecule has 0 spiro atoms. The minimum absolute atomic E-state index is 0.184. The van der Waals surface area contributed by atoms with Crippen LogP contribution < -0.4 is 10.1 Å². The number of para-hydroxylation sites is 1. The van der Waals surface area contributed by atoms with Gasteiger partial charge in [0.15, 0.2) is 11.5 Å². The number of nitrogens with one attached hydrogen (secondary N) is 1. The van der Waals surface area contributed by atoms with Gasteiger partial charge in [0.1, 0.15) is 5.75 Å². The Labute approximate surface area is 156 Å². The van der Waals surface area contributed by atoms with Crippen molar-refractivity contribution < 1.29 is 14.1 Å². The highest BCUT2D eigenvalue weighted by molar-refractivity contribution is 6.33. The van der Waals surface area contributed by atoms with Crippen LogP contribution in [0.15, 0.2) is 59.1 Å². The van der Waals surface area contributed by atoms with Crippen molar-refractivity contribution in [2.24, 2.45) is 0 Å². The molecule has 3 rings (SSSR count). The highest BCUT2D eigenvalue weighted by Gasteiger charge is 2.15. The van der Waals surface area contributed by atoms with Gasteiger partial charge in [0.05, 0.1) is 17.3 Å². The summed E-state index contributed by atoms with van der Waals surface area (Å²) in [4.78, 5) is 12.3. The quantitative estimate of drug-likeness (QED) is 0.563. The van der Waals surface area contributed by atoms with E-state index in [0.717, 1.165) is 24.2 Å². The van der Waals surface area contributed by atoms with Crippen molar-refractivity contribution in [1.82, 2.24) is 5.16 Å². The summed E-state index contributed by atoms with van der Waals surface area (Å²) in [5.74, 6) is 0.931. The van der Waals surface area contributed by atoms with Crippen LogP contribution in [0.5, 0.6) is 5.75 Å². The van der Waals surface area contributed by atoms with Crippen molar-refractivity contribution in [3.63, 3.8) is 0 Å². The van der Waals surface area contributed by atoms with E-state index in [4.69, 9.17) is 20.9 Å². The maximum atomic E-state index is 12.3. The first kappa shape index (κ1) is 18.0. The number of anilines is 1. The van der Waals surface area contributed by atoms with Crippen LogP contribution in [-0.4, -0.2) is 17.7 Å². The molecule has 1 amide bonds. The number of hydrogen-bond acceptors (Lipinski definition) is 4. The second-order valence-electron chi connectivity index (χ2n) is 5.74. The van der Waals surface area contributed by atoms with Gasteiger partial charge in [-0.05, 0) is 42.8 Å². The van der Waals surface area contributed by atoms with E-state index in [2.05, 4.69) is 17.4 Å². The van der Waals surface area contributed by atoms with Crippen LogP contribution in [0.3, 0.4) is 0 Å². The lowest BCUT2D eigenvalue weighted by atomic mass is 10.1. The van der Waals surface area contributed by atoms with Crippen LogP contribution in [0, 0.1) is 0 Å². The van der Waals surface area contributed by atoms with E-state index in [1.807, 2.05) is 24.3 Å². The van der Waals surface area contributed by atoms with Crippen LogP contribution in [-0.2, 0) is 0 Å². The fraction of sp³-hybridized carbons (Fsp3) is 0.200. The molecule has 26 heavy (non-hydrogen) atoms. The Kier molecular flexibility index (Phi) is 5.92. The fourth-order valence-electron chi connectivity index (χ4n) is 2.32. The number of benzene rings is 2. The summed E-state index contributed by atoms with van der Waals surface area (Å²) < 4.78 is 10.9. The van der Waals surface area contributed by atoms with Crippen molar-refractivity contribution in [2.45, 2.75) is 19.8 Å². The third-order valence-corrected chi connectivity index (χ3v) is 4.10. The van der Waals surface area contributed by atoms with Gasteiger partial charge in [-0.1, -0.05) is 42.2 Å². The summed E-state index contributed by atoms with van der Waals surface area (Å²) in [7, 11) is 0. The molecule has 0 aliphatic carbocycles. The maximum Gasteiger partial charge on any atom is 0.277 e. The van der Waals surface area contributed by atoms with E-state index < -0.39 is 0 Å². The highest BCUT2D eigenvalue weighted by Crippen LogP contribution is 2.25. The molecule has 0 bridgehead atoms. The smallest absolute Gasteiger partial charge is 0.277 e. The van der Waals surface area contributed by atoms with Gasteiger partial charge in [0.25, 0.3) is 5.91 Å². The molecule has 1 aromatic heterocycles. The molecule has 0 aliphatic rings. The molecular formula is C20H19ClN2O3. The Bertz CT molecular complexity index is 875. The summed E-state index contributed by atoms with van der Waals surface area (Å²) in [6.45, 7) is 2.82. The van der Waals surface area contributed by atoms with Gasteiger partial charge >= 0.3 is 0 Å². The van der Waals surface area contributed by atoms with Gasteiger partial charge in [-0.3, -0.25) is 4.79 Å². The van der Waals surface area contributed by atoms with Crippen LogP contribution in [0.2, 0.25) is 5.02 Å². The zero-order valence-corrected chi connectivity index (χ0v) is 15.1. The third-order valence-electron chi connectivity index (χ3n) is 3.77. The van der Waals surface area contributed by atoms with E-state index in [0.29, 0.717) is 23.1 Å². The summed E-state index contributed by atoms with van der Waals surface area (Å²) in [6.07, 6.45) is 2.11. The van der Waals surface area contributed by atoms with Crippen molar-refractivity contribution in [1.29, 1.82) is 0 Å². The van der Waals surface area contributed by atoms with E-state index in [-0.39, 0.29) is 11.6 Å². The molecule has 3 aromatic rings. The minimum Gasteiger partial charge on any atom is -0.494 e. The Balaban J connectivity index is 1.67. The standard InChI is InChI=1S/C20H19ClN2O3/c1-2-3-12-25-15-10-8-14(9-11-15)19-13-18(23-26-19)20(24)22-17-7-5-4-6-16(17)21/h4-11,13H,2-3,12H2,1H3,(H,22,24). The average Bonchev–Trinajstić information content (AvgIpc) is 3.15. The molecule has 0 unspecified atom stereocenters. The highest BCUT2D eigenvalue weighted by atomic mass is 35.5. The second-order valence-corrected chi connectivity index (χ2v) is 6.14. The summed E-state index contributed by atoms with van der Waals surface area (Å²) >= 11 is 6.05. The summed E-state index contributed by atoms with van der Waals surface area (Å²) in [6, 6.07) is 16.1. The van der Waals surface area contributed by atoms with Gasteiger partial charge in [0, 0.05) is 11.6 Å².